The van der Waals surface area contributed by atoms with Gasteiger partial charge in [-0.3, -0.25) is 4.79 Å². The highest BCUT2D eigenvalue weighted by Crippen LogP contribution is 2.25. The molecule has 0 spiro atoms. The van der Waals surface area contributed by atoms with Crippen LogP contribution in [0.4, 0.5) is 0 Å². The third kappa shape index (κ3) is 3.35. The third-order valence-electron chi connectivity index (χ3n) is 4.52. The van der Waals surface area contributed by atoms with E-state index in [1.807, 2.05) is 0 Å². The van der Waals surface area contributed by atoms with Gasteiger partial charge in [0, 0.05) is 23.9 Å². The fourth-order valence-corrected chi connectivity index (χ4v) is 3.41. The number of methoxy groups -OCH3 is 1. The van der Waals surface area contributed by atoms with Crippen molar-refractivity contribution < 1.29 is 9.53 Å². The molecule has 1 aromatic carbocycles. The van der Waals surface area contributed by atoms with E-state index in [1.165, 1.54) is 0 Å². The maximum Gasteiger partial charge on any atom is 0.270 e. The molecular weight excluding hydrogens is 326 g/mol. The zero-order chi connectivity index (χ0) is 17.1. The molecule has 3 rings (SSSR count). The first-order chi connectivity index (χ1) is 11.6. The smallest absolute Gasteiger partial charge is 0.270 e. The van der Waals surface area contributed by atoms with E-state index in [-0.39, 0.29) is 28.9 Å². The van der Waals surface area contributed by atoms with Crippen LogP contribution in [0.2, 0.25) is 5.15 Å². The fourth-order valence-electron chi connectivity index (χ4n) is 3.21. The van der Waals surface area contributed by atoms with Crippen molar-refractivity contribution in [2.75, 3.05) is 7.11 Å². The minimum absolute atomic E-state index is 0.110. The molecule has 0 radical (unpaired) electrons. The Kier molecular flexibility index (Phi) is 4.98. The predicted molar refractivity (Wildman–Crippen MR) is 92.0 cm³/mol. The maximum atomic E-state index is 12.7. The minimum atomic E-state index is -0.251. The standard InChI is InChI=1S/C18H18ClN3O2/c1-24-13-7-5-12(6-8-13)21-18(23)17-14-4-2-3-11(10-20)15(14)9-16(19)22-17/h2-4,9,12-13H,5-8H2,1H3,(H,21,23). The third-order valence-corrected chi connectivity index (χ3v) is 4.72. The first kappa shape index (κ1) is 16.7. The summed E-state index contributed by atoms with van der Waals surface area (Å²) in [4.78, 5) is 16.9. The first-order valence-electron chi connectivity index (χ1n) is 7.95. The Hall–Kier alpha value is -2.16. The zero-order valence-electron chi connectivity index (χ0n) is 13.4. The van der Waals surface area contributed by atoms with Gasteiger partial charge in [-0.25, -0.2) is 4.98 Å². The molecule has 6 heteroatoms. The van der Waals surface area contributed by atoms with Crippen molar-refractivity contribution in [3.63, 3.8) is 0 Å². The van der Waals surface area contributed by atoms with Crippen LogP contribution < -0.4 is 5.32 Å². The van der Waals surface area contributed by atoms with Crippen LogP contribution in [0.5, 0.6) is 0 Å². The van der Waals surface area contributed by atoms with E-state index in [9.17, 15) is 10.1 Å². The predicted octanol–water partition coefficient (Wildman–Crippen LogP) is 3.45. The van der Waals surface area contributed by atoms with E-state index in [0.717, 1.165) is 25.7 Å². The van der Waals surface area contributed by atoms with Crippen molar-refractivity contribution in [3.8, 4) is 6.07 Å². The number of benzene rings is 1. The van der Waals surface area contributed by atoms with Gasteiger partial charge in [-0.05, 0) is 37.8 Å². The largest absolute Gasteiger partial charge is 0.381 e. The average molecular weight is 344 g/mol. The highest BCUT2D eigenvalue weighted by atomic mass is 35.5. The SMILES string of the molecule is COC1CCC(NC(=O)c2nc(Cl)cc3c(C#N)cccc23)CC1. The second-order valence-corrected chi connectivity index (χ2v) is 6.38. The molecule has 1 heterocycles. The van der Waals surface area contributed by atoms with Gasteiger partial charge in [-0.15, -0.1) is 0 Å². The molecule has 1 amide bonds. The lowest BCUT2D eigenvalue weighted by Crippen LogP contribution is -2.39. The van der Waals surface area contributed by atoms with Crippen molar-refractivity contribution in [1.82, 2.24) is 10.3 Å². The lowest BCUT2D eigenvalue weighted by molar-refractivity contribution is 0.0598. The molecule has 0 aliphatic heterocycles. The van der Waals surface area contributed by atoms with Gasteiger partial charge in [-0.2, -0.15) is 5.26 Å². The van der Waals surface area contributed by atoms with Crippen LogP contribution in [0, 0.1) is 11.3 Å². The Labute approximate surface area is 145 Å². The molecule has 0 unspecified atom stereocenters. The summed E-state index contributed by atoms with van der Waals surface area (Å²) in [6, 6.07) is 9.09. The molecule has 1 aliphatic carbocycles. The minimum Gasteiger partial charge on any atom is -0.381 e. The number of fused-ring (bicyclic) bond motifs is 1. The van der Waals surface area contributed by atoms with E-state index in [4.69, 9.17) is 16.3 Å². The Morgan fingerprint density at radius 3 is 2.75 bits per heavy atom. The highest BCUT2D eigenvalue weighted by Gasteiger charge is 2.24. The van der Waals surface area contributed by atoms with Gasteiger partial charge in [0.1, 0.15) is 10.8 Å². The van der Waals surface area contributed by atoms with Gasteiger partial charge in [0.2, 0.25) is 0 Å². The van der Waals surface area contributed by atoms with Crippen molar-refractivity contribution in [3.05, 3.63) is 40.7 Å². The maximum absolute atomic E-state index is 12.7. The number of aromatic nitrogens is 1. The number of rotatable bonds is 3. The van der Waals surface area contributed by atoms with Crippen LogP contribution in [-0.2, 0) is 4.74 Å². The number of carbonyl (C=O) groups is 1. The Bertz CT molecular complexity index is 808. The lowest BCUT2D eigenvalue weighted by atomic mass is 9.93. The van der Waals surface area contributed by atoms with E-state index < -0.39 is 0 Å². The van der Waals surface area contributed by atoms with E-state index in [1.54, 1.807) is 31.4 Å². The number of pyridine rings is 1. The molecule has 124 valence electrons. The molecular formula is C18H18ClN3O2. The molecule has 0 bridgehead atoms. The molecule has 1 saturated carbocycles. The number of nitriles is 1. The summed E-state index contributed by atoms with van der Waals surface area (Å²) in [6.45, 7) is 0. The molecule has 1 aliphatic rings. The molecule has 0 atom stereocenters. The molecule has 1 fully saturated rings. The number of nitrogens with one attached hydrogen (secondary N) is 1. The molecule has 5 nitrogen and oxygen atoms in total. The van der Waals surface area contributed by atoms with Crippen molar-refractivity contribution in [2.45, 2.75) is 37.8 Å². The molecule has 2 aromatic rings. The van der Waals surface area contributed by atoms with Crippen LogP contribution in [0.25, 0.3) is 10.8 Å². The Morgan fingerprint density at radius 1 is 1.33 bits per heavy atom. The summed E-state index contributed by atoms with van der Waals surface area (Å²) in [5.41, 5.74) is 0.745. The number of carbonyl (C=O) groups excluding carboxylic acids is 1. The van der Waals surface area contributed by atoms with E-state index in [0.29, 0.717) is 16.3 Å². The van der Waals surface area contributed by atoms with Gasteiger partial charge in [-0.1, -0.05) is 23.7 Å². The number of hydrogen-bond donors (Lipinski definition) is 1. The molecule has 24 heavy (non-hydrogen) atoms. The summed E-state index contributed by atoms with van der Waals surface area (Å²) in [5, 5.41) is 13.8. The number of amides is 1. The molecule has 1 aromatic heterocycles. The topological polar surface area (TPSA) is 75.0 Å². The summed E-state index contributed by atoms with van der Waals surface area (Å²) < 4.78 is 5.35. The van der Waals surface area contributed by atoms with E-state index in [2.05, 4.69) is 16.4 Å². The van der Waals surface area contributed by atoms with Gasteiger partial charge >= 0.3 is 0 Å². The second-order valence-electron chi connectivity index (χ2n) is 5.99. The number of hydrogen-bond acceptors (Lipinski definition) is 4. The summed E-state index contributed by atoms with van der Waals surface area (Å²) in [5.74, 6) is -0.251. The van der Waals surface area contributed by atoms with Crippen molar-refractivity contribution >= 4 is 28.3 Å². The van der Waals surface area contributed by atoms with Gasteiger partial charge in [0.15, 0.2) is 0 Å². The molecule has 0 saturated heterocycles. The number of nitrogens with zero attached hydrogens (tertiary/aromatic N) is 2. The molecule has 1 N–H and O–H groups in total. The summed E-state index contributed by atoms with van der Waals surface area (Å²) in [7, 11) is 1.72. The highest BCUT2D eigenvalue weighted by molar-refractivity contribution is 6.30. The Morgan fingerprint density at radius 2 is 2.08 bits per heavy atom. The van der Waals surface area contributed by atoms with E-state index >= 15 is 0 Å². The second kappa shape index (κ2) is 7.16. The van der Waals surface area contributed by atoms with Crippen LogP contribution in [-0.4, -0.2) is 30.1 Å². The first-order valence-corrected chi connectivity index (χ1v) is 8.33. The zero-order valence-corrected chi connectivity index (χ0v) is 14.1. The van der Waals surface area contributed by atoms with Crippen LogP contribution in [0.3, 0.4) is 0 Å². The van der Waals surface area contributed by atoms with Crippen molar-refractivity contribution in [2.24, 2.45) is 0 Å². The monoisotopic (exact) mass is 343 g/mol. The normalized spacial score (nSPS) is 20.5. The van der Waals surface area contributed by atoms with Crippen molar-refractivity contribution in [1.29, 1.82) is 5.26 Å². The van der Waals surface area contributed by atoms with Gasteiger partial charge in [0.25, 0.3) is 5.91 Å². The quantitative estimate of drug-likeness (QED) is 0.866. The fraction of sp³-hybridized carbons (Fsp3) is 0.389. The number of halogens is 1. The average Bonchev–Trinajstić information content (AvgIpc) is 2.61. The van der Waals surface area contributed by atoms with Gasteiger partial charge in [0.05, 0.1) is 17.7 Å². The lowest BCUT2D eigenvalue weighted by Gasteiger charge is -2.28. The van der Waals surface area contributed by atoms with Crippen LogP contribution >= 0.6 is 11.6 Å². The summed E-state index contributed by atoms with van der Waals surface area (Å²) >= 11 is 6.06. The van der Waals surface area contributed by atoms with Crippen LogP contribution in [0.1, 0.15) is 41.7 Å². The van der Waals surface area contributed by atoms with Gasteiger partial charge < -0.3 is 10.1 Å². The summed E-state index contributed by atoms with van der Waals surface area (Å²) in [6.07, 6.45) is 3.91. The Balaban J connectivity index is 1.87. The van der Waals surface area contributed by atoms with Crippen LogP contribution in [0.15, 0.2) is 24.3 Å². The number of ether oxygens (including phenoxy) is 1.